The van der Waals surface area contributed by atoms with Crippen molar-refractivity contribution in [3.63, 3.8) is 0 Å². The van der Waals surface area contributed by atoms with Crippen molar-refractivity contribution in [2.24, 2.45) is 11.3 Å². The van der Waals surface area contributed by atoms with Gasteiger partial charge in [0.25, 0.3) is 0 Å². The molecule has 0 unspecified atom stereocenters. The van der Waals surface area contributed by atoms with Gasteiger partial charge in [0.15, 0.2) is 0 Å². The molecular formula is C23H28F3N5O3. The van der Waals surface area contributed by atoms with Crippen LogP contribution in [0.5, 0.6) is 0 Å². The lowest BCUT2D eigenvalue weighted by Crippen LogP contribution is -2.68. The molecule has 0 aromatic carbocycles. The van der Waals surface area contributed by atoms with Gasteiger partial charge in [0.2, 0.25) is 5.91 Å². The summed E-state index contributed by atoms with van der Waals surface area (Å²) in [5.41, 5.74) is -0.803. The number of alkyl halides is 3. The molecule has 34 heavy (non-hydrogen) atoms. The number of rotatable bonds is 3. The highest BCUT2D eigenvalue weighted by Crippen LogP contribution is 2.58. The maximum atomic E-state index is 13.2. The molecule has 2 saturated carbocycles. The van der Waals surface area contributed by atoms with Crippen LogP contribution in [-0.4, -0.2) is 82.8 Å². The van der Waals surface area contributed by atoms with Crippen LogP contribution in [0.4, 0.5) is 18.0 Å². The topological polar surface area (TPSA) is 87.7 Å². The predicted octanol–water partition coefficient (Wildman–Crippen LogP) is 2.03. The maximum Gasteiger partial charge on any atom is 0.401 e. The number of carbonyl (C=O) groups excluding carboxylic acids is 2. The van der Waals surface area contributed by atoms with Crippen molar-refractivity contribution in [3.8, 4) is 0 Å². The van der Waals surface area contributed by atoms with E-state index in [2.05, 4.69) is 15.3 Å². The number of urea groups is 1. The molecule has 1 spiro atoms. The number of aromatic nitrogens is 2. The lowest BCUT2D eigenvalue weighted by Gasteiger charge is -2.60. The number of nitrogens with zero attached hydrogens (tertiary/aromatic N) is 4. The van der Waals surface area contributed by atoms with Gasteiger partial charge in [-0.3, -0.25) is 4.79 Å². The van der Waals surface area contributed by atoms with Gasteiger partial charge in [-0.25, -0.2) is 14.8 Å². The van der Waals surface area contributed by atoms with Crippen molar-refractivity contribution in [1.82, 2.24) is 25.1 Å². The van der Waals surface area contributed by atoms with Gasteiger partial charge in [0.1, 0.15) is 17.8 Å². The van der Waals surface area contributed by atoms with E-state index < -0.39 is 11.6 Å². The number of likely N-dealkylation sites (tertiary alicyclic amines) is 2. The zero-order valence-electron chi connectivity index (χ0n) is 18.8. The summed E-state index contributed by atoms with van der Waals surface area (Å²) < 4.78 is 45.3. The number of hydrogen-bond acceptors (Lipinski definition) is 5. The lowest BCUT2D eigenvalue weighted by atomic mass is 9.56. The van der Waals surface area contributed by atoms with Crippen LogP contribution in [0.2, 0.25) is 0 Å². The summed E-state index contributed by atoms with van der Waals surface area (Å²) >= 11 is 0. The van der Waals surface area contributed by atoms with E-state index >= 15 is 0 Å². The van der Waals surface area contributed by atoms with Crippen molar-refractivity contribution in [3.05, 3.63) is 23.8 Å². The molecule has 3 aliphatic heterocycles. The van der Waals surface area contributed by atoms with E-state index in [1.54, 1.807) is 12.4 Å². The minimum Gasteiger partial charge on any atom is -0.366 e. The number of nitrogens with one attached hydrogen (secondary N) is 1. The fourth-order valence-electron chi connectivity index (χ4n) is 6.34. The molecule has 4 heterocycles. The molecule has 2 atom stereocenters. The fourth-order valence-corrected chi connectivity index (χ4v) is 6.34. The number of carbonyl (C=O) groups is 2. The molecule has 3 saturated heterocycles. The van der Waals surface area contributed by atoms with Crippen LogP contribution in [0.1, 0.15) is 43.5 Å². The van der Waals surface area contributed by atoms with Crippen LogP contribution in [0.25, 0.3) is 0 Å². The second-order valence-electron chi connectivity index (χ2n) is 10.9. The van der Waals surface area contributed by atoms with E-state index in [9.17, 15) is 22.8 Å². The van der Waals surface area contributed by atoms with Gasteiger partial charge in [-0.2, -0.15) is 13.2 Å². The second-order valence-corrected chi connectivity index (χ2v) is 10.9. The van der Waals surface area contributed by atoms with Gasteiger partial charge in [0.05, 0.1) is 12.1 Å². The summed E-state index contributed by atoms with van der Waals surface area (Å²) in [7, 11) is 0. The SMILES string of the molecule is O=C1CO[C@H]2CCN(C(=O)N3CC4(CC(Cc5cnc(C6(C(F)(F)F)CC6)nc5)C4)C3)C[C@H]2N1. The first-order valence-corrected chi connectivity index (χ1v) is 12.0. The first kappa shape index (κ1) is 22.1. The van der Waals surface area contributed by atoms with Crippen molar-refractivity contribution in [2.75, 3.05) is 32.8 Å². The Labute approximate surface area is 195 Å². The molecule has 6 rings (SSSR count). The van der Waals surface area contributed by atoms with Crippen molar-refractivity contribution >= 4 is 11.9 Å². The standard InChI is InChI=1S/C23H28F3N5O3/c24-23(25,26)22(2-3-22)19-27-8-15(9-28-19)5-14-6-21(7-14)12-31(13-21)20(33)30-4-1-17-16(10-30)29-18(32)11-34-17/h8-9,14,16-17H,1-7,10-13H2,(H,29,32)/t16-,17+/m1/s1. The van der Waals surface area contributed by atoms with Crippen LogP contribution in [0, 0.1) is 11.3 Å². The number of piperidine rings is 1. The number of amides is 3. The van der Waals surface area contributed by atoms with Crippen LogP contribution >= 0.6 is 0 Å². The average Bonchev–Trinajstić information content (AvgIpc) is 3.56. The summed E-state index contributed by atoms with van der Waals surface area (Å²) in [6.45, 7) is 2.68. The van der Waals surface area contributed by atoms with E-state index in [1.807, 2.05) is 9.80 Å². The van der Waals surface area contributed by atoms with Gasteiger partial charge in [-0.15, -0.1) is 0 Å². The second kappa shape index (κ2) is 7.53. The molecule has 1 N–H and O–H groups in total. The van der Waals surface area contributed by atoms with Gasteiger partial charge in [-0.05, 0) is 50.0 Å². The molecule has 1 aromatic rings. The van der Waals surface area contributed by atoms with E-state index in [4.69, 9.17) is 4.74 Å². The minimum atomic E-state index is -4.30. The first-order chi connectivity index (χ1) is 16.2. The zero-order valence-corrected chi connectivity index (χ0v) is 18.8. The smallest absolute Gasteiger partial charge is 0.366 e. The summed E-state index contributed by atoms with van der Waals surface area (Å²) in [5.74, 6) is 0.200. The Kier molecular flexibility index (Phi) is 4.89. The molecule has 184 valence electrons. The molecular weight excluding hydrogens is 451 g/mol. The highest BCUT2D eigenvalue weighted by molar-refractivity contribution is 5.79. The fraction of sp³-hybridized carbons (Fsp3) is 0.739. The van der Waals surface area contributed by atoms with E-state index in [0.29, 0.717) is 19.0 Å². The minimum absolute atomic E-state index is 0.0156. The third kappa shape index (κ3) is 3.63. The van der Waals surface area contributed by atoms with Crippen molar-refractivity contribution in [2.45, 2.75) is 62.3 Å². The monoisotopic (exact) mass is 479 g/mol. The molecule has 1 aromatic heterocycles. The number of fused-ring (bicyclic) bond motifs is 1. The van der Waals surface area contributed by atoms with Crippen molar-refractivity contribution in [1.29, 1.82) is 0 Å². The molecule has 5 fully saturated rings. The molecule has 3 amide bonds. The van der Waals surface area contributed by atoms with Gasteiger partial charge >= 0.3 is 12.2 Å². The third-order valence-corrected chi connectivity index (χ3v) is 8.31. The Morgan fingerprint density at radius 3 is 2.53 bits per heavy atom. The van der Waals surface area contributed by atoms with Gasteiger partial charge in [0, 0.05) is 44.0 Å². The maximum absolute atomic E-state index is 13.2. The highest BCUT2D eigenvalue weighted by atomic mass is 19.4. The Balaban J connectivity index is 0.972. The normalized spacial score (nSPS) is 29.7. The van der Waals surface area contributed by atoms with Gasteiger partial charge < -0.3 is 19.9 Å². The molecule has 11 heteroatoms. The number of hydrogen-bond donors (Lipinski definition) is 1. The summed E-state index contributed by atoms with van der Waals surface area (Å²) in [6, 6.07) is -0.114. The molecule has 5 aliphatic rings. The number of halogens is 3. The third-order valence-electron chi connectivity index (χ3n) is 8.31. The van der Waals surface area contributed by atoms with Crippen LogP contribution in [0.15, 0.2) is 12.4 Å². The molecule has 2 aliphatic carbocycles. The van der Waals surface area contributed by atoms with Crippen LogP contribution < -0.4 is 5.32 Å². The highest BCUT2D eigenvalue weighted by Gasteiger charge is 2.66. The first-order valence-electron chi connectivity index (χ1n) is 12.0. The number of ether oxygens (including phenoxy) is 1. The van der Waals surface area contributed by atoms with Crippen LogP contribution in [0.3, 0.4) is 0 Å². The predicted molar refractivity (Wildman–Crippen MR) is 113 cm³/mol. The Hall–Kier alpha value is -2.43. The van der Waals surface area contributed by atoms with E-state index in [1.165, 1.54) is 0 Å². The van der Waals surface area contributed by atoms with E-state index in [0.717, 1.165) is 44.3 Å². The summed E-state index contributed by atoms with van der Waals surface area (Å²) in [5, 5.41) is 2.93. The molecule has 8 nitrogen and oxygen atoms in total. The Morgan fingerprint density at radius 2 is 1.88 bits per heavy atom. The summed E-state index contributed by atoms with van der Waals surface area (Å²) in [4.78, 5) is 36.3. The largest absolute Gasteiger partial charge is 0.401 e. The zero-order chi connectivity index (χ0) is 23.7. The Morgan fingerprint density at radius 1 is 1.18 bits per heavy atom. The average molecular weight is 480 g/mol. The van der Waals surface area contributed by atoms with E-state index in [-0.39, 0.29) is 54.8 Å². The quantitative estimate of drug-likeness (QED) is 0.717. The lowest BCUT2D eigenvalue weighted by molar-refractivity contribution is -0.162. The summed E-state index contributed by atoms with van der Waals surface area (Å²) in [6.07, 6.45) is 2.40. The molecule has 0 bridgehead atoms. The van der Waals surface area contributed by atoms with Gasteiger partial charge in [-0.1, -0.05) is 0 Å². The molecule has 0 radical (unpaired) electrons. The van der Waals surface area contributed by atoms with Crippen LogP contribution in [-0.2, 0) is 21.4 Å². The Bertz CT molecular complexity index is 983. The van der Waals surface area contributed by atoms with Crippen molar-refractivity contribution < 1.29 is 27.5 Å². The number of morpholine rings is 1.